The second kappa shape index (κ2) is 8.75. The van der Waals surface area contributed by atoms with Crippen molar-refractivity contribution in [2.75, 3.05) is 20.4 Å². The SMILES string of the molecule is COc1ccc(-c2cc(=O)oc3c(C)c4c(cc23)C[NH+](C[C@@H](C)c2ccccc2)CO4)cc1. The van der Waals surface area contributed by atoms with E-state index in [1.165, 1.54) is 10.5 Å². The Hall–Kier alpha value is -3.57. The number of ether oxygens (including phenoxy) is 2. The molecule has 3 aromatic carbocycles. The zero-order valence-electron chi connectivity index (χ0n) is 19.2. The quantitative estimate of drug-likeness (QED) is 0.468. The highest BCUT2D eigenvalue weighted by atomic mass is 16.5. The first-order valence-electron chi connectivity index (χ1n) is 11.3. The summed E-state index contributed by atoms with van der Waals surface area (Å²) < 4.78 is 17.1. The molecule has 5 rings (SSSR count). The van der Waals surface area contributed by atoms with Crippen molar-refractivity contribution >= 4 is 11.0 Å². The molecule has 0 spiro atoms. The van der Waals surface area contributed by atoms with Crippen molar-refractivity contribution in [1.82, 2.24) is 0 Å². The summed E-state index contributed by atoms with van der Waals surface area (Å²) in [7, 11) is 1.64. The molecule has 5 heteroatoms. The van der Waals surface area contributed by atoms with Crippen molar-refractivity contribution in [3.05, 3.63) is 93.8 Å². The van der Waals surface area contributed by atoms with Gasteiger partial charge < -0.3 is 13.9 Å². The van der Waals surface area contributed by atoms with Gasteiger partial charge in [0, 0.05) is 28.5 Å². The van der Waals surface area contributed by atoms with Crippen LogP contribution >= 0.6 is 0 Å². The number of aryl methyl sites for hydroxylation is 1. The number of nitrogens with one attached hydrogen (secondary N) is 1. The number of fused-ring (bicyclic) bond motifs is 2. The number of rotatable bonds is 5. The molecule has 1 aromatic heterocycles. The van der Waals surface area contributed by atoms with Crippen LogP contribution in [0.25, 0.3) is 22.1 Å². The van der Waals surface area contributed by atoms with Crippen LogP contribution in [-0.2, 0) is 6.54 Å². The van der Waals surface area contributed by atoms with E-state index in [1.54, 1.807) is 13.2 Å². The van der Waals surface area contributed by atoms with Crippen molar-refractivity contribution in [3.63, 3.8) is 0 Å². The Balaban J connectivity index is 1.52. The van der Waals surface area contributed by atoms with E-state index in [9.17, 15) is 4.79 Å². The van der Waals surface area contributed by atoms with Crippen LogP contribution in [0.1, 0.15) is 29.5 Å². The highest BCUT2D eigenvalue weighted by Gasteiger charge is 2.27. The molecule has 0 amide bonds. The molecule has 1 N–H and O–H groups in total. The van der Waals surface area contributed by atoms with Crippen LogP contribution in [0.2, 0.25) is 0 Å². The molecular weight excluding hydrogens is 414 g/mol. The van der Waals surface area contributed by atoms with E-state index < -0.39 is 0 Å². The lowest BCUT2D eigenvalue weighted by atomic mass is 9.96. The van der Waals surface area contributed by atoms with Gasteiger partial charge >= 0.3 is 5.63 Å². The maximum atomic E-state index is 12.4. The second-order valence-electron chi connectivity index (χ2n) is 8.81. The Morgan fingerprint density at radius 1 is 1.06 bits per heavy atom. The molecule has 1 aliphatic heterocycles. The van der Waals surface area contributed by atoms with E-state index >= 15 is 0 Å². The average Bonchev–Trinajstić information content (AvgIpc) is 2.85. The molecule has 0 bridgehead atoms. The fourth-order valence-electron chi connectivity index (χ4n) is 4.81. The Morgan fingerprint density at radius 3 is 2.55 bits per heavy atom. The van der Waals surface area contributed by atoms with Crippen LogP contribution in [-0.4, -0.2) is 20.4 Å². The minimum atomic E-state index is -0.365. The molecular formula is C28H28NO4+. The van der Waals surface area contributed by atoms with E-state index in [4.69, 9.17) is 13.9 Å². The van der Waals surface area contributed by atoms with Crippen LogP contribution in [0.5, 0.6) is 11.5 Å². The van der Waals surface area contributed by atoms with Crippen molar-refractivity contribution in [1.29, 1.82) is 0 Å². The predicted molar refractivity (Wildman–Crippen MR) is 129 cm³/mol. The Bertz CT molecular complexity index is 1340. The number of benzene rings is 3. The first-order valence-corrected chi connectivity index (χ1v) is 11.3. The Kier molecular flexibility index (Phi) is 5.65. The topological polar surface area (TPSA) is 53.1 Å². The van der Waals surface area contributed by atoms with Crippen molar-refractivity contribution in [2.24, 2.45) is 0 Å². The molecule has 33 heavy (non-hydrogen) atoms. The van der Waals surface area contributed by atoms with E-state index in [2.05, 4.69) is 43.3 Å². The van der Waals surface area contributed by atoms with Crippen molar-refractivity contribution in [3.8, 4) is 22.6 Å². The van der Waals surface area contributed by atoms with Crippen LogP contribution in [0.3, 0.4) is 0 Å². The smallest absolute Gasteiger partial charge is 0.336 e. The molecule has 0 saturated carbocycles. The van der Waals surface area contributed by atoms with Crippen LogP contribution in [0.15, 0.2) is 75.9 Å². The number of methoxy groups -OCH3 is 1. The summed E-state index contributed by atoms with van der Waals surface area (Å²) in [6, 6.07) is 22.1. The molecule has 1 unspecified atom stereocenters. The van der Waals surface area contributed by atoms with E-state index in [0.29, 0.717) is 18.2 Å². The minimum Gasteiger partial charge on any atom is -0.497 e. The molecule has 0 aliphatic carbocycles. The van der Waals surface area contributed by atoms with E-state index in [1.807, 2.05) is 31.2 Å². The zero-order valence-corrected chi connectivity index (χ0v) is 19.2. The van der Waals surface area contributed by atoms with Crippen molar-refractivity contribution in [2.45, 2.75) is 26.3 Å². The molecule has 168 valence electrons. The lowest BCUT2D eigenvalue weighted by molar-refractivity contribution is -0.933. The molecule has 0 fully saturated rings. The Labute approximate surface area is 193 Å². The van der Waals surface area contributed by atoms with E-state index in [0.717, 1.165) is 52.2 Å². The first-order chi connectivity index (χ1) is 16.0. The lowest BCUT2D eigenvalue weighted by Gasteiger charge is -2.29. The first kappa shape index (κ1) is 21.3. The fourth-order valence-corrected chi connectivity index (χ4v) is 4.81. The second-order valence-corrected chi connectivity index (χ2v) is 8.81. The molecule has 5 nitrogen and oxygen atoms in total. The molecule has 0 saturated heterocycles. The summed E-state index contributed by atoms with van der Waals surface area (Å²) in [5.74, 6) is 2.05. The van der Waals surface area contributed by atoms with Gasteiger partial charge in [-0.05, 0) is 41.8 Å². The molecule has 1 aliphatic rings. The summed E-state index contributed by atoms with van der Waals surface area (Å²) in [5.41, 5.74) is 5.40. The predicted octanol–water partition coefficient (Wildman–Crippen LogP) is 4.32. The monoisotopic (exact) mass is 442 g/mol. The van der Waals surface area contributed by atoms with Crippen LogP contribution in [0, 0.1) is 6.92 Å². The van der Waals surface area contributed by atoms with Gasteiger partial charge in [-0.3, -0.25) is 4.90 Å². The summed E-state index contributed by atoms with van der Waals surface area (Å²) in [6.45, 7) is 6.68. The highest BCUT2D eigenvalue weighted by Crippen LogP contribution is 2.37. The summed E-state index contributed by atoms with van der Waals surface area (Å²) >= 11 is 0. The highest BCUT2D eigenvalue weighted by molar-refractivity contribution is 5.96. The van der Waals surface area contributed by atoms with Gasteiger partial charge in [0.15, 0.2) is 0 Å². The molecule has 0 radical (unpaired) electrons. The standard InChI is InChI=1S/C28H27NO4/c1-18(20-7-5-4-6-8-20)15-29-16-22-13-25-24(21-9-11-23(31-3)12-10-21)14-26(30)33-28(25)19(2)27(22)32-17-29/h4-14,18H,15-17H2,1-3H3/p+1/t18-/m1/s1. The summed E-state index contributed by atoms with van der Waals surface area (Å²) in [5, 5.41) is 0.928. The third-order valence-electron chi connectivity index (χ3n) is 6.52. The number of quaternary nitrogens is 1. The van der Waals surface area contributed by atoms with Crippen LogP contribution < -0.4 is 20.0 Å². The summed E-state index contributed by atoms with van der Waals surface area (Å²) in [4.78, 5) is 13.8. The fraction of sp³-hybridized carbons (Fsp3) is 0.250. The maximum absolute atomic E-state index is 12.4. The van der Waals surface area contributed by atoms with Gasteiger partial charge in [0.25, 0.3) is 0 Å². The van der Waals surface area contributed by atoms with E-state index in [-0.39, 0.29) is 5.63 Å². The van der Waals surface area contributed by atoms with Gasteiger partial charge in [-0.1, -0.05) is 49.4 Å². The minimum absolute atomic E-state index is 0.365. The maximum Gasteiger partial charge on any atom is 0.336 e. The Morgan fingerprint density at radius 2 is 1.82 bits per heavy atom. The zero-order chi connectivity index (χ0) is 22.9. The number of hydrogen-bond acceptors (Lipinski definition) is 4. The molecule has 2 heterocycles. The van der Waals surface area contributed by atoms with Crippen molar-refractivity contribution < 1.29 is 18.8 Å². The van der Waals surface area contributed by atoms with Gasteiger partial charge in [0.05, 0.1) is 13.7 Å². The van der Waals surface area contributed by atoms with Crippen LogP contribution in [0.4, 0.5) is 0 Å². The largest absolute Gasteiger partial charge is 0.497 e. The normalized spacial score (nSPS) is 16.2. The van der Waals surface area contributed by atoms with Gasteiger partial charge in [-0.25, -0.2) is 4.79 Å². The third-order valence-corrected chi connectivity index (χ3v) is 6.52. The third kappa shape index (κ3) is 4.12. The average molecular weight is 443 g/mol. The summed E-state index contributed by atoms with van der Waals surface area (Å²) in [6.07, 6.45) is 0. The number of hydrogen-bond donors (Lipinski definition) is 1. The van der Waals surface area contributed by atoms with Gasteiger partial charge in [0.1, 0.15) is 23.6 Å². The van der Waals surface area contributed by atoms with Gasteiger partial charge in [-0.15, -0.1) is 0 Å². The van der Waals surface area contributed by atoms with Gasteiger partial charge in [-0.2, -0.15) is 0 Å². The molecule has 4 aromatic rings. The molecule has 2 atom stereocenters. The lowest BCUT2D eigenvalue weighted by Crippen LogP contribution is -3.12. The van der Waals surface area contributed by atoms with Gasteiger partial charge in [0.2, 0.25) is 6.73 Å².